The van der Waals surface area contributed by atoms with Gasteiger partial charge in [-0.2, -0.15) is 0 Å². The first-order valence-corrected chi connectivity index (χ1v) is 12.4. The van der Waals surface area contributed by atoms with Gasteiger partial charge in [0.15, 0.2) is 17.0 Å². The number of ether oxygens (including phenoxy) is 3. The van der Waals surface area contributed by atoms with E-state index in [4.69, 9.17) is 14.2 Å². The molecule has 0 saturated carbocycles. The number of aryl methyl sites for hydroxylation is 2. The van der Waals surface area contributed by atoms with E-state index in [-0.39, 0.29) is 11.4 Å². The molecule has 1 atom stereocenters. The van der Waals surface area contributed by atoms with Gasteiger partial charge in [0.1, 0.15) is 12.4 Å². The van der Waals surface area contributed by atoms with Gasteiger partial charge in [0.2, 0.25) is 0 Å². The van der Waals surface area contributed by atoms with Crippen molar-refractivity contribution in [1.82, 2.24) is 5.32 Å². The highest BCUT2D eigenvalue weighted by molar-refractivity contribution is 8.05. The molecule has 4 rings (SSSR count). The summed E-state index contributed by atoms with van der Waals surface area (Å²) in [6, 6.07) is 19.8. The monoisotopic (exact) mass is 490 g/mol. The molecule has 1 fully saturated rings. The molecule has 0 radical (unpaired) electrons. The minimum Gasteiger partial charge on any atom is -0.495 e. The smallest absolute Gasteiger partial charge is 0.260 e. The van der Waals surface area contributed by atoms with E-state index < -0.39 is 0 Å². The standard InChI is InChI=1S/C28H30N2O4S/c1-5-33-25-15-20(10-12-24(25)34-17-21-8-6-7-18(2)13-21)16-26-27(31)30-28(35-26)29-22-14-19(3)9-11-23(22)32-4/h6-16,28-29H,5,17H2,1-4H3,(H,30,31)/b26-16-. The predicted octanol–water partition coefficient (Wildman–Crippen LogP) is 5.89. The van der Waals surface area contributed by atoms with Crippen LogP contribution < -0.4 is 24.8 Å². The zero-order valence-electron chi connectivity index (χ0n) is 20.4. The number of benzene rings is 3. The maximum Gasteiger partial charge on any atom is 0.260 e. The van der Waals surface area contributed by atoms with E-state index in [1.807, 2.05) is 68.5 Å². The molecule has 0 spiro atoms. The third-order valence-electron chi connectivity index (χ3n) is 5.41. The Kier molecular flexibility index (Phi) is 7.87. The molecule has 3 aromatic rings. The molecule has 0 aromatic heterocycles. The summed E-state index contributed by atoms with van der Waals surface area (Å²) in [6.07, 6.45) is 1.86. The maximum atomic E-state index is 12.6. The lowest BCUT2D eigenvalue weighted by Crippen LogP contribution is -2.31. The Labute approximate surface area is 210 Å². The molecule has 1 aliphatic heterocycles. The molecular weight excluding hydrogens is 460 g/mol. The van der Waals surface area contributed by atoms with Gasteiger partial charge in [-0.1, -0.05) is 53.7 Å². The number of hydrogen-bond acceptors (Lipinski definition) is 6. The van der Waals surface area contributed by atoms with E-state index in [0.29, 0.717) is 29.6 Å². The van der Waals surface area contributed by atoms with E-state index in [2.05, 4.69) is 29.7 Å². The highest BCUT2D eigenvalue weighted by Crippen LogP contribution is 2.35. The van der Waals surface area contributed by atoms with Crippen LogP contribution in [-0.2, 0) is 11.4 Å². The second kappa shape index (κ2) is 11.2. The van der Waals surface area contributed by atoms with Crippen molar-refractivity contribution in [2.75, 3.05) is 19.0 Å². The number of carbonyl (C=O) groups excluding carboxylic acids is 1. The number of methoxy groups -OCH3 is 1. The molecule has 1 amide bonds. The molecular formula is C28H30N2O4S. The van der Waals surface area contributed by atoms with Crippen LogP contribution in [0, 0.1) is 13.8 Å². The Bertz CT molecular complexity index is 1240. The van der Waals surface area contributed by atoms with Gasteiger partial charge >= 0.3 is 0 Å². The Morgan fingerprint density at radius 3 is 2.54 bits per heavy atom. The fourth-order valence-electron chi connectivity index (χ4n) is 3.76. The van der Waals surface area contributed by atoms with Crippen molar-refractivity contribution in [1.29, 1.82) is 0 Å². The normalized spacial score (nSPS) is 16.2. The molecule has 1 heterocycles. The molecule has 7 heteroatoms. The van der Waals surface area contributed by atoms with Crippen molar-refractivity contribution in [2.24, 2.45) is 0 Å². The molecule has 0 bridgehead atoms. The van der Waals surface area contributed by atoms with Crippen molar-refractivity contribution < 1.29 is 19.0 Å². The van der Waals surface area contributed by atoms with Crippen molar-refractivity contribution in [3.63, 3.8) is 0 Å². The third-order valence-corrected chi connectivity index (χ3v) is 6.44. The quantitative estimate of drug-likeness (QED) is 0.365. The SMILES string of the molecule is CCOc1cc(/C=C2\SC(Nc3cc(C)ccc3OC)NC2=O)ccc1OCc1cccc(C)c1. The van der Waals surface area contributed by atoms with Crippen LogP contribution in [0.3, 0.4) is 0 Å². The number of nitrogens with one attached hydrogen (secondary N) is 2. The first-order valence-electron chi connectivity index (χ1n) is 11.5. The van der Waals surface area contributed by atoms with Crippen LogP contribution in [0.15, 0.2) is 65.6 Å². The van der Waals surface area contributed by atoms with Gasteiger partial charge < -0.3 is 24.8 Å². The minimum atomic E-state index is -0.298. The van der Waals surface area contributed by atoms with Gasteiger partial charge in [-0.15, -0.1) is 0 Å². The maximum absolute atomic E-state index is 12.6. The zero-order chi connectivity index (χ0) is 24.8. The Hall–Kier alpha value is -3.58. The van der Waals surface area contributed by atoms with Crippen molar-refractivity contribution in [3.8, 4) is 17.2 Å². The van der Waals surface area contributed by atoms with Gasteiger partial charge in [0.05, 0.1) is 24.3 Å². The minimum absolute atomic E-state index is 0.128. The Balaban J connectivity index is 1.48. The second-order valence-corrected chi connectivity index (χ2v) is 9.39. The van der Waals surface area contributed by atoms with Gasteiger partial charge in [0.25, 0.3) is 5.91 Å². The topological polar surface area (TPSA) is 68.8 Å². The lowest BCUT2D eigenvalue weighted by atomic mass is 10.1. The fourth-order valence-corrected chi connectivity index (χ4v) is 4.73. The van der Waals surface area contributed by atoms with Gasteiger partial charge in [-0.25, -0.2) is 0 Å². The highest BCUT2D eigenvalue weighted by atomic mass is 32.2. The molecule has 1 aliphatic rings. The summed E-state index contributed by atoms with van der Waals surface area (Å²) in [5.41, 5.74) is 4.79. The van der Waals surface area contributed by atoms with Crippen molar-refractivity contribution >= 4 is 29.4 Å². The van der Waals surface area contributed by atoms with Crippen molar-refractivity contribution in [3.05, 3.63) is 87.8 Å². The average Bonchev–Trinajstić information content (AvgIpc) is 3.17. The van der Waals surface area contributed by atoms with Gasteiger partial charge in [-0.3, -0.25) is 4.79 Å². The van der Waals surface area contributed by atoms with Crippen LogP contribution in [0.4, 0.5) is 5.69 Å². The van der Waals surface area contributed by atoms with Gasteiger partial charge in [-0.05, 0) is 67.8 Å². The molecule has 2 N–H and O–H groups in total. The van der Waals surface area contributed by atoms with Crippen LogP contribution in [0.2, 0.25) is 0 Å². The summed E-state index contributed by atoms with van der Waals surface area (Å²) < 4.78 is 17.3. The largest absolute Gasteiger partial charge is 0.495 e. The molecule has 3 aromatic carbocycles. The van der Waals surface area contributed by atoms with Crippen LogP contribution in [-0.4, -0.2) is 25.1 Å². The summed E-state index contributed by atoms with van der Waals surface area (Å²) in [6.45, 7) is 6.98. The van der Waals surface area contributed by atoms with E-state index in [1.165, 1.54) is 17.3 Å². The molecule has 6 nitrogen and oxygen atoms in total. The average molecular weight is 491 g/mol. The van der Waals surface area contributed by atoms with Gasteiger partial charge in [0, 0.05) is 0 Å². The van der Waals surface area contributed by atoms with Crippen molar-refractivity contribution in [2.45, 2.75) is 32.9 Å². The Morgan fingerprint density at radius 2 is 1.77 bits per heavy atom. The number of anilines is 1. The highest BCUT2D eigenvalue weighted by Gasteiger charge is 2.28. The second-order valence-electron chi connectivity index (χ2n) is 8.24. The fraction of sp³-hybridized carbons (Fsp3) is 0.250. The first kappa shape index (κ1) is 24.5. The predicted molar refractivity (Wildman–Crippen MR) is 142 cm³/mol. The first-order chi connectivity index (χ1) is 16.9. The van der Waals surface area contributed by atoms with E-state index in [0.717, 1.165) is 28.1 Å². The number of amides is 1. The van der Waals surface area contributed by atoms with Crippen LogP contribution >= 0.6 is 11.8 Å². The van der Waals surface area contributed by atoms with Crippen LogP contribution in [0.25, 0.3) is 6.08 Å². The van der Waals surface area contributed by atoms with E-state index in [9.17, 15) is 4.79 Å². The lowest BCUT2D eigenvalue weighted by molar-refractivity contribution is -0.116. The van der Waals surface area contributed by atoms with E-state index in [1.54, 1.807) is 7.11 Å². The number of rotatable bonds is 9. The molecule has 1 saturated heterocycles. The molecule has 35 heavy (non-hydrogen) atoms. The lowest BCUT2D eigenvalue weighted by Gasteiger charge is -2.16. The summed E-state index contributed by atoms with van der Waals surface area (Å²) in [5, 5.41) is 6.32. The van der Waals surface area contributed by atoms with E-state index >= 15 is 0 Å². The molecule has 1 unspecified atom stereocenters. The van der Waals surface area contributed by atoms with Crippen LogP contribution in [0.1, 0.15) is 29.2 Å². The molecule has 182 valence electrons. The molecule has 0 aliphatic carbocycles. The summed E-state index contributed by atoms with van der Waals surface area (Å²) >= 11 is 1.43. The van der Waals surface area contributed by atoms with Crippen LogP contribution in [0.5, 0.6) is 17.2 Å². The summed E-state index contributed by atoms with van der Waals surface area (Å²) in [7, 11) is 1.63. The third kappa shape index (κ3) is 6.31. The number of thioether (sulfide) groups is 1. The number of hydrogen-bond donors (Lipinski definition) is 2. The zero-order valence-corrected chi connectivity index (χ0v) is 21.2. The Morgan fingerprint density at radius 1 is 0.971 bits per heavy atom. The number of carbonyl (C=O) groups is 1. The summed E-state index contributed by atoms with van der Waals surface area (Å²) in [5.74, 6) is 1.92. The summed E-state index contributed by atoms with van der Waals surface area (Å²) in [4.78, 5) is 13.3.